The zero-order valence-electron chi connectivity index (χ0n) is 13.7. The molecule has 6 heteroatoms. The molecule has 0 saturated carbocycles. The summed E-state index contributed by atoms with van der Waals surface area (Å²) >= 11 is 0. The molecule has 0 aliphatic rings. The highest BCUT2D eigenvalue weighted by atomic mass is 16.5. The van der Waals surface area contributed by atoms with Crippen LogP contribution in [0.1, 0.15) is 15.9 Å². The molecule has 0 aliphatic heterocycles. The van der Waals surface area contributed by atoms with Gasteiger partial charge in [0.15, 0.2) is 6.61 Å². The third-order valence-electron chi connectivity index (χ3n) is 3.56. The molecule has 6 nitrogen and oxygen atoms in total. The monoisotopic (exact) mass is 335 g/mol. The Kier molecular flexibility index (Phi) is 4.89. The molecule has 0 fully saturated rings. The van der Waals surface area contributed by atoms with E-state index in [-0.39, 0.29) is 12.5 Å². The van der Waals surface area contributed by atoms with Crippen molar-refractivity contribution in [3.8, 4) is 11.4 Å². The number of aryl methyl sites for hydroxylation is 1. The Morgan fingerprint density at radius 3 is 2.44 bits per heavy atom. The van der Waals surface area contributed by atoms with Crippen LogP contribution in [0.3, 0.4) is 0 Å². The number of rotatable bonds is 5. The van der Waals surface area contributed by atoms with Gasteiger partial charge in [-0.05, 0) is 31.2 Å². The van der Waals surface area contributed by atoms with Gasteiger partial charge in [0.05, 0.1) is 5.56 Å². The molecule has 3 aromatic rings. The number of hydrogen-bond donors (Lipinski definition) is 2. The van der Waals surface area contributed by atoms with Crippen LogP contribution in [0.5, 0.6) is 0 Å². The largest absolute Gasteiger partial charge is 0.452 e. The molecular formula is C19H17N3O3. The van der Waals surface area contributed by atoms with Gasteiger partial charge in [-0.15, -0.1) is 0 Å². The first-order valence-electron chi connectivity index (χ1n) is 7.75. The summed E-state index contributed by atoms with van der Waals surface area (Å²) in [5, 5.41) is 2.68. The molecule has 3 rings (SSSR count). The lowest BCUT2D eigenvalue weighted by atomic mass is 10.1. The number of nitrogens with one attached hydrogen (secondary N) is 2. The van der Waals surface area contributed by atoms with Crippen molar-refractivity contribution in [1.82, 2.24) is 9.97 Å². The zero-order chi connectivity index (χ0) is 17.6. The van der Waals surface area contributed by atoms with Crippen molar-refractivity contribution >= 4 is 17.6 Å². The maximum Gasteiger partial charge on any atom is 0.338 e. The van der Waals surface area contributed by atoms with E-state index in [1.54, 1.807) is 48.8 Å². The number of nitrogens with zero attached hydrogens (tertiary/aromatic N) is 1. The molecule has 0 atom stereocenters. The number of anilines is 1. The van der Waals surface area contributed by atoms with Crippen molar-refractivity contribution in [3.05, 3.63) is 72.1 Å². The van der Waals surface area contributed by atoms with E-state index in [1.807, 2.05) is 19.1 Å². The number of H-pyrrole nitrogens is 1. The van der Waals surface area contributed by atoms with E-state index in [9.17, 15) is 9.59 Å². The summed E-state index contributed by atoms with van der Waals surface area (Å²) in [6.45, 7) is 1.62. The SMILES string of the molecule is Cc1ccc(NC(=O)COC(=O)c2ccc(-c3ncc[nH]3)cc2)cc1. The van der Waals surface area contributed by atoms with E-state index in [2.05, 4.69) is 15.3 Å². The Morgan fingerprint density at radius 1 is 1.08 bits per heavy atom. The Hall–Kier alpha value is -3.41. The summed E-state index contributed by atoms with van der Waals surface area (Å²) in [5.41, 5.74) is 2.99. The number of benzene rings is 2. The summed E-state index contributed by atoms with van der Waals surface area (Å²) in [6.07, 6.45) is 3.38. The molecule has 1 heterocycles. The van der Waals surface area contributed by atoms with Gasteiger partial charge in [0, 0.05) is 23.6 Å². The first-order valence-corrected chi connectivity index (χ1v) is 7.75. The molecule has 126 valence electrons. The van der Waals surface area contributed by atoms with Crippen molar-refractivity contribution in [2.24, 2.45) is 0 Å². The number of carbonyl (C=O) groups excluding carboxylic acids is 2. The highest BCUT2D eigenvalue weighted by Crippen LogP contribution is 2.15. The Bertz CT molecular complexity index is 854. The quantitative estimate of drug-likeness (QED) is 0.701. The topological polar surface area (TPSA) is 84.1 Å². The second kappa shape index (κ2) is 7.44. The van der Waals surface area contributed by atoms with Crippen molar-refractivity contribution in [2.45, 2.75) is 6.92 Å². The fourth-order valence-corrected chi connectivity index (χ4v) is 2.24. The zero-order valence-corrected chi connectivity index (χ0v) is 13.7. The third-order valence-corrected chi connectivity index (χ3v) is 3.56. The van der Waals surface area contributed by atoms with Gasteiger partial charge in [-0.25, -0.2) is 9.78 Å². The minimum absolute atomic E-state index is 0.341. The second-order valence-corrected chi connectivity index (χ2v) is 5.51. The van der Waals surface area contributed by atoms with Crippen LogP contribution in [-0.2, 0) is 9.53 Å². The molecular weight excluding hydrogens is 318 g/mol. The number of imidazole rings is 1. The van der Waals surface area contributed by atoms with Gasteiger partial charge in [-0.1, -0.05) is 29.8 Å². The van der Waals surface area contributed by atoms with Crippen LogP contribution in [0.4, 0.5) is 5.69 Å². The molecule has 0 radical (unpaired) electrons. The maximum atomic E-state index is 12.0. The number of aromatic amines is 1. The van der Waals surface area contributed by atoms with Gasteiger partial charge in [-0.3, -0.25) is 4.79 Å². The predicted molar refractivity (Wildman–Crippen MR) is 94.1 cm³/mol. The molecule has 0 saturated heterocycles. The van der Waals surface area contributed by atoms with Gasteiger partial charge < -0.3 is 15.0 Å². The summed E-state index contributed by atoms with van der Waals surface area (Å²) < 4.78 is 5.04. The standard InChI is InChI=1S/C19H17N3O3/c1-13-2-8-16(9-3-13)22-17(23)12-25-19(24)15-6-4-14(5-7-15)18-20-10-11-21-18/h2-11H,12H2,1H3,(H,20,21)(H,22,23). The molecule has 0 spiro atoms. The van der Waals surface area contributed by atoms with Gasteiger partial charge >= 0.3 is 5.97 Å². The normalized spacial score (nSPS) is 10.3. The van der Waals surface area contributed by atoms with Crippen LogP contribution in [0, 0.1) is 6.92 Å². The van der Waals surface area contributed by atoms with E-state index in [0.29, 0.717) is 11.3 Å². The minimum atomic E-state index is -0.551. The van der Waals surface area contributed by atoms with Crippen LogP contribution in [0.2, 0.25) is 0 Å². The van der Waals surface area contributed by atoms with Gasteiger partial charge in [0.1, 0.15) is 5.82 Å². The lowest BCUT2D eigenvalue weighted by molar-refractivity contribution is -0.119. The Morgan fingerprint density at radius 2 is 1.80 bits per heavy atom. The van der Waals surface area contributed by atoms with Gasteiger partial charge in [0.2, 0.25) is 0 Å². The fraction of sp³-hybridized carbons (Fsp3) is 0.105. The maximum absolute atomic E-state index is 12.0. The van der Waals surface area contributed by atoms with E-state index in [0.717, 1.165) is 17.0 Å². The van der Waals surface area contributed by atoms with E-state index in [4.69, 9.17) is 4.74 Å². The van der Waals surface area contributed by atoms with Gasteiger partial charge in [0.25, 0.3) is 5.91 Å². The molecule has 0 bridgehead atoms. The molecule has 1 aromatic heterocycles. The number of esters is 1. The summed E-state index contributed by atoms with van der Waals surface area (Å²) in [6, 6.07) is 14.2. The number of aromatic nitrogens is 2. The van der Waals surface area contributed by atoms with Crippen molar-refractivity contribution in [3.63, 3.8) is 0 Å². The number of amides is 1. The Labute approximate surface area is 144 Å². The highest BCUT2D eigenvalue weighted by molar-refractivity contribution is 5.95. The molecule has 0 unspecified atom stereocenters. The van der Waals surface area contributed by atoms with Crippen molar-refractivity contribution in [2.75, 3.05) is 11.9 Å². The van der Waals surface area contributed by atoms with E-state index in [1.165, 1.54) is 0 Å². The average Bonchev–Trinajstić information content (AvgIpc) is 3.16. The first-order chi connectivity index (χ1) is 12.1. The van der Waals surface area contributed by atoms with E-state index < -0.39 is 5.97 Å². The molecule has 0 aliphatic carbocycles. The second-order valence-electron chi connectivity index (χ2n) is 5.51. The highest BCUT2D eigenvalue weighted by Gasteiger charge is 2.11. The van der Waals surface area contributed by atoms with Gasteiger partial charge in [-0.2, -0.15) is 0 Å². The number of ether oxygens (including phenoxy) is 1. The van der Waals surface area contributed by atoms with Crippen LogP contribution in [0.15, 0.2) is 60.9 Å². The van der Waals surface area contributed by atoms with Crippen molar-refractivity contribution in [1.29, 1.82) is 0 Å². The summed E-state index contributed by atoms with van der Waals surface area (Å²) in [7, 11) is 0. The predicted octanol–water partition coefficient (Wildman–Crippen LogP) is 3.18. The molecule has 2 N–H and O–H groups in total. The lowest BCUT2D eigenvalue weighted by Crippen LogP contribution is -2.20. The van der Waals surface area contributed by atoms with Crippen molar-refractivity contribution < 1.29 is 14.3 Å². The number of hydrogen-bond acceptors (Lipinski definition) is 4. The van der Waals surface area contributed by atoms with Crippen LogP contribution in [-0.4, -0.2) is 28.5 Å². The third kappa shape index (κ3) is 4.32. The average molecular weight is 335 g/mol. The Balaban J connectivity index is 1.53. The lowest BCUT2D eigenvalue weighted by Gasteiger charge is -2.07. The number of carbonyl (C=O) groups is 2. The van der Waals surface area contributed by atoms with Crippen LogP contribution in [0.25, 0.3) is 11.4 Å². The molecule has 1 amide bonds. The van der Waals surface area contributed by atoms with E-state index >= 15 is 0 Å². The molecule has 25 heavy (non-hydrogen) atoms. The minimum Gasteiger partial charge on any atom is -0.452 e. The van der Waals surface area contributed by atoms with Crippen LogP contribution < -0.4 is 5.32 Å². The smallest absolute Gasteiger partial charge is 0.338 e. The van der Waals surface area contributed by atoms with Crippen LogP contribution >= 0.6 is 0 Å². The summed E-state index contributed by atoms with van der Waals surface area (Å²) in [4.78, 5) is 31.0. The first kappa shape index (κ1) is 16.4. The summed E-state index contributed by atoms with van der Waals surface area (Å²) in [5.74, 6) is -0.216. The molecule has 2 aromatic carbocycles. The fourth-order valence-electron chi connectivity index (χ4n) is 2.24.